The highest BCUT2D eigenvalue weighted by molar-refractivity contribution is 9.08. The molecule has 0 aliphatic carbocycles. The zero-order valence-corrected chi connectivity index (χ0v) is 12.1. The lowest BCUT2D eigenvalue weighted by Gasteiger charge is -2.16. The first-order chi connectivity index (χ1) is 9.71. The third-order valence-electron chi connectivity index (χ3n) is 2.24. The zero-order chi connectivity index (χ0) is 16.2. The molecule has 0 bridgehead atoms. The van der Waals surface area contributed by atoms with E-state index in [0.717, 1.165) is 0 Å². The number of nitrogens with zero attached hydrogens (tertiary/aromatic N) is 1. The summed E-state index contributed by atoms with van der Waals surface area (Å²) in [4.78, 5) is 14.8. The summed E-state index contributed by atoms with van der Waals surface area (Å²) in [6, 6.07) is 0. The van der Waals surface area contributed by atoms with E-state index in [2.05, 4.69) is 30.4 Å². The highest BCUT2D eigenvalue weighted by atomic mass is 79.9. The van der Waals surface area contributed by atoms with Crippen LogP contribution in [0.15, 0.2) is 6.20 Å². The Morgan fingerprint density at radius 1 is 1.43 bits per heavy atom. The number of alkyl halides is 6. The van der Waals surface area contributed by atoms with Gasteiger partial charge in [0, 0.05) is 22.7 Å². The van der Waals surface area contributed by atoms with E-state index in [1.54, 1.807) is 0 Å². The van der Waals surface area contributed by atoms with E-state index in [4.69, 9.17) is 0 Å². The van der Waals surface area contributed by atoms with Crippen LogP contribution in [-0.2, 0) is 10.1 Å². The maximum Gasteiger partial charge on any atom is 0.574 e. The highest BCUT2D eigenvalue weighted by Gasteiger charge is 2.35. The Labute approximate surface area is 124 Å². The Kier molecular flexibility index (Phi) is 5.87. The lowest BCUT2D eigenvalue weighted by molar-refractivity contribution is -0.276. The van der Waals surface area contributed by atoms with E-state index < -0.39 is 46.7 Å². The molecule has 0 aliphatic heterocycles. The zero-order valence-electron chi connectivity index (χ0n) is 10.5. The van der Waals surface area contributed by atoms with Gasteiger partial charge in [-0.1, -0.05) is 15.9 Å². The molecule has 1 rings (SSSR count). The van der Waals surface area contributed by atoms with Gasteiger partial charge in [-0.05, 0) is 6.92 Å². The SMILES string of the molecule is CCOC(=O)c1cnc(OC(F)(F)F)c(CBr)c1C(F)F. The molecular weight excluding hydrogens is 369 g/mol. The normalized spacial score (nSPS) is 11.6. The van der Waals surface area contributed by atoms with Gasteiger partial charge in [-0.2, -0.15) is 0 Å². The standard InChI is InChI=1S/C11H9BrF5NO3/c1-2-20-10(19)6-4-18-9(21-11(15,16)17)5(3-12)7(6)8(13)14/h4,8H,2-3H2,1H3. The number of ether oxygens (including phenoxy) is 2. The van der Waals surface area contributed by atoms with Crippen LogP contribution in [0.3, 0.4) is 0 Å². The van der Waals surface area contributed by atoms with Crippen molar-refractivity contribution in [3.05, 3.63) is 22.9 Å². The molecular formula is C11H9BrF5NO3. The number of esters is 1. The minimum Gasteiger partial charge on any atom is -0.462 e. The van der Waals surface area contributed by atoms with Crippen molar-refractivity contribution in [3.8, 4) is 5.88 Å². The maximum atomic E-state index is 13.1. The molecule has 1 aromatic rings. The Morgan fingerprint density at radius 2 is 2.05 bits per heavy atom. The van der Waals surface area contributed by atoms with Crippen molar-refractivity contribution < 1.29 is 36.2 Å². The molecule has 1 heterocycles. The molecule has 0 unspecified atom stereocenters. The van der Waals surface area contributed by atoms with E-state index in [1.807, 2.05) is 0 Å². The monoisotopic (exact) mass is 377 g/mol. The Balaban J connectivity index is 3.41. The smallest absolute Gasteiger partial charge is 0.462 e. The lowest BCUT2D eigenvalue weighted by atomic mass is 10.1. The quantitative estimate of drug-likeness (QED) is 0.442. The van der Waals surface area contributed by atoms with Crippen LogP contribution in [0.1, 0.15) is 34.8 Å². The van der Waals surface area contributed by atoms with E-state index in [0.29, 0.717) is 6.20 Å². The second kappa shape index (κ2) is 7.01. The third-order valence-corrected chi connectivity index (χ3v) is 2.80. The Bertz CT molecular complexity index is 521. The molecule has 0 spiro atoms. The van der Waals surface area contributed by atoms with Crippen LogP contribution < -0.4 is 4.74 Å². The molecule has 0 aliphatic rings. The summed E-state index contributed by atoms with van der Waals surface area (Å²) in [7, 11) is 0. The van der Waals surface area contributed by atoms with Crippen LogP contribution in [0.4, 0.5) is 22.0 Å². The molecule has 118 valence electrons. The van der Waals surface area contributed by atoms with Crippen molar-refractivity contribution in [1.82, 2.24) is 4.98 Å². The van der Waals surface area contributed by atoms with Gasteiger partial charge in [0.2, 0.25) is 5.88 Å². The van der Waals surface area contributed by atoms with Crippen LogP contribution in [0.5, 0.6) is 5.88 Å². The molecule has 0 saturated heterocycles. The molecule has 10 heteroatoms. The van der Waals surface area contributed by atoms with Crippen LogP contribution in [0.2, 0.25) is 0 Å². The van der Waals surface area contributed by atoms with E-state index in [-0.39, 0.29) is 6.61 Å². The summed E-state index contributed by atoms with van der Waals surface area (Å²) in [5.74, 6) is -2.14. The molecule has 0 atom stereocenters. The summed E-state index contributed by atoms with van der Waals surface area (Å²) in [5.41, 5.74) is -2.07. The van der Waals surface area contributed by atoms with Gasteiger partial charge in [-0.15, -0.1) is 13.2 Å². The van der Waals surface area contributed by atoms with Crippen LogP contribution in [-0.4, -0.2) is 23.9 Å². The summed E-state index contributed by atoms with van der Waals surface area (Å²) >= 11 is 2.78. The van der Waals surface area contributed by atoms with Gasteiger partial charge in [0.25, 0.3) is 6.43 Å². The number of halogens is 6. The number of hydrogen-bond acceptors (Lipinski definition) is 4. The maximum absolute atomic E-state index is 13.1. The van der Waals surface area contributed by atoms with E-state index in [1.165, 1.54) is 6.92 Å². The van der Waals surface area contributed by atoms with Crippen molar-refractivity contribution in [2.24, 2.45) is 0 Å². The highest BCUT2D eigenvalue weighted by Crippen LogP contribution is 2.35. The Hall–Kier alpha value is -1.45. The average molecular weight is 378 g/mol. The van der Waals surface area contributed by atoms with Gasteiger partial charge in [-0.25, -0.2) is 18.6 Å². The van der Waals surface area contributed by atoms with Gasteiger partial charge in [0.05, 0.1) is 12.2 Å². The molecule has 1 aromatic heterocycles. The van der Waals surface area contributed by atoms with Crippen LogP contribution in [0.25, 0.3) is 0 Å². The Morgan fingerprint density at radius 3 is 2.48 bits per heavy atom. The molecule has 4 nitrogen and oxygen atoms in total. The first-order valence-electron chi connectivity index (χ1n) is 5.50. The number of rotatable bonds is 5. The number of carbonyl (C=O) groups is 1. The fourth-order valence-corrected chi connectivity index (χ4v) is 2.04. The first-order valence-corrected chi connectivity index (χ1v) is 6.62. The third kappa shape index (κ3) is 4.51. The molecule has 0 saturated carbocycles. The molecule has 21 heavy (non-hydrogen) atoms. The molecule has 0 fully saturated rings. The van der Waals surface area contributed by atoms with Crippen molar-refractivity contribution in [3.63, 3.8) is 0 Å². The fourth-order valence-electron chi connectivity index (χ4n) is 1.50. The predicted octanol–water partition coefficient (Wildman–Crippen LogP) is 3.99. The number of carbonyl (C=O) groups excluding carboxylic acids is 1. The molecule has 0 amide bonds. The van der Waals surface area contributed by atoms with E-state index >= 15 is 0 Å². The van der Waals surface area contributed by atoms with Crippen LogP contribution >= 0.6 is 15.9 Å². The summed E-state index contributed by atoms with van der Waals surface area (Å²) in [5, 5.41) is -0.404. The van der Waals surface area contributed by atoms with Crippen molar-refractivity contribution in [1.29, 1.82) is 0 Å². The topological polar surface area (TPSA) is 48.4 Å². The summed E-state index contributed by atoms with van der Waals surface area (Å²) in [6.07, 6.45) is -7.71. The van der Waals surface area contributed by atoms with Gasteiger partial charge in [0.15, 0.2) is 0 Å². The minimum atomic E-state index is -5.09. The second-order valence-electron chi connectivity index (χ2n) is 3.57. The molecule has 0 radical (unpaired) electrons. The second-order valence-corrected chi connectivity index (χ2v) is 4.13. The van der Waals surface area contributed by atoms with Crippen molar-refractivity contribution >= 4 is 21.9 Å². The van der Waals surface area contributed by atoms with Gasteiger partial charge in [0.1, 0.15) is 0 Å². The van der Waals surface area contributed by atoms with Crippen molar-refractivity contribution in [2.75, 3.05) is 6.61 Å². The van der Waals surface area contributed by atoms with Crippen molar-refractivity contribution in [2.45, 2.75) is 25.0 Å². The lowest BCUT2D eigenvalue weighted by Crippen LogP contribution is -2.20. The first kappa shape index (κ1) is 17.6. The van der Waals surface area contributed by atoms with Gasteiger partial charge < -0.3 is 9.47 Å². The number of pyridine rings is 1. The largest absolute Gasteiger partial charge is 0.574 e. The molecule has 0 aromatic carbocycles. The van der Waals surface area contributed by atoms with E-state index in [9.17, 15) is 26.7 Å². The molecule has 0 N–H and O–H groups in total. The minimum absolute atomic E-state index is 0.0774. The van der Waals surface area contributed by atoms with Gasteiger partial charge in [-0.3, -0.25) is 0 Å². The summed E-state index contributed by atoms with van der Waals surface area (Å²) in [6.45, 7) is 1.38. The van der Waals surface area contributed by atoms with Crippen LogP contribution in [0, 0.1) is 0 Å². The summed E-state index contributed by atoms with van der Waals surface area (Å²) < 4.78 is 71.0. The predicted molar refractivity (Wildman–Crippen MR) is 64.5 cm³/mol. The number of hydrogen-bond donors (Lipinski definition) is 0. The van der Waals surface area contributed by atoms with Gasteiger partial charge >= 0.3 is 12.3 Å². The average Bonchev–Trinajstić information content (AvgIpc) is 2.36. The number of aromatic nitrogens is 1. The fraction of sp³-hybridized carbons (Fsp3) is 0.455.